The van der Waals surface area contributed by atoms with E-state index in [2.05, 4.69) is 26.0 Å². The van der Waals surface area contributed by atoms with Gasteiger partial charge in [0, 0.05) is 17.3 Å². The molecule has 3 heteroatoms. The van der Waals surface area contributed by atoms with E-state index in [-0.39, 0.29) is 0 Å². The van der Waals surface area contributed by atoms with Crippen LogP contribution in [0, 0.1) is 5.92 Å². The van der Waals surface area contributed by atoms with Crippen LogP contribution >= 0.6 is 23.4 Å². The van der Waals surface area contributed by atoms with Crippen LogP contribution in [0.5, 0.6) is 0 Å². The number of thioether (sulfide) groups is 1. The molecule has 1 nitrogen and oxygen atoms in total. The van der Waals surface area contributed by atoms with Gasteiger partial charge in [-0.1, -0.05) is 44.0 Å². The number of benzene rings is 1. The molecule has 1 unspecified atom stereocenters. The van der Waals surface area contributed by atoms with Crippen molar-refractivity contribution < 1.29 is 0 Å². The predicted molar refractivity (Wildman–Crippen MR) is 75.0 cm³/mol. The molecule has 0 spiro atoms. The zero-order chi connectivity index (χ0) is 12.0. The zero-order valence-corrected chi connectivity index (χ0v) is 11.6. The number of hydrogen-bond acceptors (Lipinski definition) is 2. The molecular formula is C13H20ClNS. The third-order valence-corrected chi connectivity index (χ3v) is 4.38. The molecule has 1 rings (SSSR count). The average molecular weight is 258 g/mol. The Labute approximate surface area is 108 Å². The van der Waals surface area contributed by atoms with Crippen LogP contribution in [-0.4, -0.2) is 5.75 Å². The van der Waals surface area contributed by atoms with Crippen LogP contribution in [0.4, 0.5) is 0 Å². The van der Waals surface area contributed by atoms with Crippen LogP contribution in [0.3, 0.4) is 0 Å². The summed E-state index contributed by atoms with van der Waals surface area (Å²) in [5.74, 6) is 2.98. The van der Waals surface area contributed by atoms with Gasteiger partial charge in [0.25, 0.3) is 0 Å². The molecule has 1 aromatic rings. The molecule has 0 heterocycles. The Balaban J connectivity index is 2.48. The molecule has 0 aliphatic carbocycles. The van der Waals surface area contributed by atoms with Crippen molar-refractivity contribution in [1.29, 1.82) is 0 Å². The minimum Gasteiger partial charge on any atom is -0.326 e. The molecule has 0 saturated carbocycles. The summed E-state index contributed by atoms with van der Waals surface area (Å²) in [6.45, 7) is 5.07. The van der Waals surface area contributed by atoms with E-state index in [4.69, 9.17) is 17.3 Å². The summed E-state index contributed by atoms with van der Waals surface area (Å²) < 4.78 is 0. The summed E-state index contributed by atoms with van der Waals surface area (Å²) in [6.07, 6.45) is 1.24. The zero-order valence-electron chi connectivity index (χ0n) is 10.0. The van der Waals surface area contributed by atoms with Crippen molar-refractivity contribution in [3.05, 3.63) is 34.3 Å². The SMILES string of the molecule is CCC(C)CSCc1ccc(CN)cc1Cl. The second-order valence-electron chi connectivity index (χ2n) is 4.16. The molecule has 1 atom stereocenters. The maximum Gasteiger partial charge on any atom is 0.0449 e. The van der Waals surface area contributed by atoms with E-state index in [0.717, 1.165) is 22.3 Å². The Morgan fingerprint density at radius 1 is 1.44 bits per heavy atom. The van der Waals surface area contributed by atoms with E-state index < -0.39 is 0 Å². The summed E-state index contributed by atoms with van der Waals surface area (Å²) in [5, 5.41) is 0.847. The van der Waals surface area contributed by atoms with Crippen LogP contribution in [0.25, 0.3) is 0 Å². The minimum atomic E-state index is 0.556. The molecule has 2 N–H and O–H groups in total. The third kappa shape index (κ3) is 4.36. The third-order valence-electron chi connectivity index (χ3n) is 2.71. The molecule has 0 saturated heterocycles. The summed E-state index contributed by atoms with van der Waals surface area (Å²) in [6, 6.07) is 6.12. The van der Waals surface area contributed by atoms with Crippen LogP contribution in [-0.2, 0) is 12.3 Å². The van der Waals surface area contributed by atoms with Gasteiger partial charge in [-0.25, -0.2) is 0 Å². The highest BCUT2D eigenvalue weighted by molar-refractivity contribution is 7.98. The molecule has 0 aliphatic heterocycles. The Hall–Kier alpha value is -0.180. The summed E-state index contributed by atoms with van der Waals surface area (Å²) in [4.78, 5) is 0. The van der Waals surface area contributed by atoms with Crippen molar-refractivity contribution in [2.75, 3.05) is 5.75 Å². The van der Waals surface area contributed by atoms with E-state index in [1.165, 1.54) is 17.7 Å². The maximum atomic E-state index is 6.19. The van der Waals surface area contributed by atoms with Gasteiger partial charge in [-0.2, -0.15) is 11.8 Å². The monoisotopic (exact) mass is 257 g/mol. The molecule has 0 aliphatic rings. The van der Waals surface area contributed by atoms with Gasteiger partial charge in [0.1, 0.15) is 0 Å². The Morgan fingerprint density at radius 2 is 2.19 bits per heavy atom. The quantitative estimate of drug-likeness (QED) is 0.831. The fraction of sp³-hybridized carbons (Fsp3) is 0.538. The highest BCUT2D eigenvalue weighted by Crippen LogP contribution is 2.24. The van der Waals surface area contributed by atoms with Gasteiger partial charge in [0.05, 0.1) is 0 Å². The Morgan fingerprint density at radius 3 is 2.75 bits per heavy atom. The molecule has 0 fully saturated rings. The number of nitrogens with two attached hydrogens (primary N) is 1. The van der Waals surface area contributed by atoms with Crippen LogP contribution in [0.2, 0.25) is 5.02 Å². The second kappa shape index (κ2) is 7.21. The topological polar surface area (TPSA) is 26.0 Å². The van der Waals surface area contributed by atoms with E-state index in [9.17, 15) is 0 Å². The van der Waals surface area contributed by atoms with Crippen molar-refractivity contribution in [3.63, 3.8) is 0 Å². The molecule has 0 amide bonds. The largest absolute Gasteiger partial charge is 0.326 e. The first-order valence-electron chi connectivity index (χ1n) is 5.72. The van der Waals surface area contributed by atoms with Gasteiger partial charge < -0.3 is 5.73 Å². The Kier molecular flexibility index (Phi) is 6.25. The molecule has 0 bridgehead atoms. The van der Waals surface area contributed by atoms with Crippen molar-refractivity contribution >= 4 is 23.4 Å². The molecule has 0 aromatic heterocycles. The van der Waals surface area contributed by atoms with Gasteiger partial charge >= 0.3 is 0 Å². The lowest BCUT2D eigenvalue weighted by molar-refractivity contribution is 0.637. The average Bonchev–Trinajstić information content (AvgIpc) is 2.30. The van der Waals surface area contributed by atoms with Crippen LogP contribution in [0.1, 0.15) is 31.4 Å². The number of halogens is 1. The van der Waals surface area contributed by atoms with Crippen molar-refractivity contribution in [2.24, 2.45) is 11.7 Å². The van der Waals surface area contributed by atoms with E-state index in [1.807, 2.05) is 17.8 Å². The number of hydrogen-bond donors (Lipinski definition) is 1. The standard InChI is InChI=1S/C13H20ClNS/c1-3-10(2)8-16-9-12-5-4-11(7-15)6-13(12)14/h4-6,10H,3,7-9,15H2,1-2H3. The summed E-state index contributed by atoms with van der Waals surface area (Å²) in [7, 11) is 0. The fourth-order valence-corrected chi connectivity index (χ4v) is 2.90. The van der Waals surface area contributed by atoms with Gasteiger partial charge in [-0.3, -0.25) is 0 Å². The highest BCUT2D eigenvalue weighted by Gasteiger charge is 2.03. The molecule has 1 aromatic carbocycles. The fourth-order valence-electron chi connectivity index (χ4n) is 1.32. The molecule has 90 valence electrons. The van der Waals surface area contributed by atoms with Crippen molar-refractivity contribution in [1.82, 2.24) is 0 Å². The van der Waals surface area contributed by atoms with Crippen LogP contribution in [0.15, 0.2) is 18.2 Å². The van der Waals surface area contributed by atoms with Gasteiger partial charge in [0.2, 0.25) is 0 Å². The van der Waals surface area contributed by atoms with E-state index in [1.54, 1.807) is 0 Å². The normalized spacial score (nSPS) is 12.8. The number of rotatable bonds is 6. The van der Waals surface area contributed by atoms with Gasteiger partial charge in [-0.05, 0) is 28.9 Å². The molecular weight excluding hydrogens is 238 g/mol. The van der Waals surface area contributed by atoms with Gasteiger partial charge in [-0.15, -0.1) is 0 Å². The van der Waals surface area contributed by atoms with Crippen LogP contribution < -0.4 is 5.73 Å². The van der Waals surface area contributed by atoms with Gasteiger partial charge in [0.15, 0.2) is 0 Å². The lowest BCUT2D eigenvalue weighted by Gasteiger charge is -2.09. The maximum absolute atomic E-state index is 6.19. The predicted octanol–water partition coefficient (Wildman–Crippen LogP) is 4.08. The summed E-state index contributed by atoms with van der Waals surface area (Å²) in [5.41, 5.74) is 7.88. The lowest BCUT2D eigenvalue weighted by Crippen LogP contribution is -1.98. The second-order valence-corrected chi connectivity index (χ2v) is 5.60. The first kappa shape index (κ1) is 13.9. The first-order valence-corrected chi connectivity index (χ1v) is 7.25. The van der Waals surface area contributed by atoms with Crippen molar-refractivity contribution in [2.45, 2.75) is 32.6 Å². The molecule has 16 heavy (non-hydrogen) atoms. The molecule has 0 radical (unpaired) electrons. The first-order chi connectivity index (χ1) is 7.67. The Bertz CT molecular complexity index is 328. The van der Waals surface area contributed by atoms with E-state index >= 15 is 0 Å². The minimum absolute atomic E-state index is 0.556. The van der Waals surface area contributed by atoms with Crippen molar-refractivity contribution in [3.8, 4) is 0 Å². The lowest BCUT2D eigenvalue weighted by atomic mass is 10.1. The summed E-state index contributed by atoms with van der Waals surface area (Å²) >= 11 is 8.14. The smallest absolute Gasteiger partial charge is 0.0449 e. The highest BCUT2D eigenvalue weighted by atomic mass is 35.5. The van der Waals surface area contributed by atoms with E-state index in [0.29, 0.717) is 6.54 Å².